The molecule has 0 aromatic carbocycles. The van der Waals surface area contributed by atoms with Crippen LogP contribution in [0, 0.1) is 0 Å². The lowest BCUT2D eigenvalue weighted by Gasteiger charge is -2.36. The molecule has 0 saturated carbocycles. The number of hydrogen-bond donors (Lipinski definition) is 3. The van der Waals surface area contributed by atoms with Crippen LogP contribution in [-0.2, 0) is 9.59 Å². The molecule has 0 rings (SSSR count). The van der Waals surface area contributed by atoms with E-state index in [9.17, 15) is 14.7 Å². The van der Waals surface area contributed by atoms with E-state index in [1.807, 2.05) is 0 Å². The molecule has 9 heteroatoms. The van der Waals surface area contributed by atoms with Crippen LogP contribution in [0.15, 0.2) is 0 Å². The number of quaternary nitrogens is 2. The zero-order chi connectivity index (χ0) is 34.4. The van der Waals surface area contributed by atoms with Gasteiger partial charge in [-0.2, -0.15) is 0 Å². The third-order valence-electron chi connectivity index (χ3n) is 9.45. The zero-order valence-electron chi connectivity index (χ0n) is 32.7. The Morgan fingerprint density at radius 3 is 1.04 bits per heavy atom. The molecule has 0 fully saturated rings. The van der Waals surface area contributed by atoms with Gasteiger partial charge in [-0.05, 0) is 12.8 Å². The number of unbranched alkanes of at least 4 members (excludes halogenated alkanes) is 18. The van der Waals surface area contributed by atoms with Crippen LogP contribution in [0.25, 0.3) is 0 Å². The lowest BCUT2D eigenvalue weighted by molar-refractivity contribution is -0.914. The van der Waals surface area contributed by atoms with E-state index in [2.05, 4.69) is 52.7 Å². The quantitative estimate of drug-likeness (QED) is 0.0704. The highest BCUT2D eigenvalue weighted by Gasteiger charge is 2.26. The summed E-state index contributed by atoms with van der Waals surface area (Å²) in [4.78, 5) is 24.4. The van der Waals surface area contributed by atoms with Crippen molar-refractivity contribution < 1.29 is 48.5 Å². The van der Waals surface area contributed by atoms with Crippen LogP contribution < -0.4 is 35.4 Å². The predicted molar refractivity (Wildman–Crippen MR) is 198 cm³/mol. The summed E-state index contributed by atoms with van der Waals surface area (Å²) in [5.41, 5.74) is 0. The summed E-state index contributed by atoms with van der Waals surface area (Å²) in [6.07, 6.45) is 28.4. The molecule has 0 radical (unpaired) electrons. The van der Waals surface area contributed by atoms with Gasteiger partial charge in [0, 0.05) is 38.8 Å². The molecule has 0 heterocycles. The fourth-order valence-corrected chi connectivity index (χ4v) is 6.57. The molecule has 0 aliphatic rings. The van der Waals surface area contributed by atoms with Crippen LogP contribution >= 0.6 is 0 Å². The molecule has 0 spiro atoms. The Morgan fingerprint density at radius 2 is 0.750 bits per heavy atom. The van der Waals surface area contributed by atoms with Crippen LogP contribution in [-0.4, -0.2) is 99.5 Å². The Bertz CT molecular complexity index is 667. The van der Waals surface area contributed by atoms with E-state index in [0.717, 1.165) is 60.6 Å². The molecule has 0 bridgehead atoms. The first-order chi connectivity index (χ1) is 22.0. The van der Waals surface area contributed by atoms with Crippen LogP contribution in [0.5, 0.6) is 0 Å². The summed E-state index contributed by atoms with van der Waals surface area (Å²) in [6, 6.07) is 0. The first-order valence-electron chi connectivity index (χ1n) is 19.9. The monoisotopic (exact) mass is 725 g/mol. The van der Waals surface area contributed by atoms with Crippen molar-refractivity contribution in [2.24, 2.45) is 0 Å². The molecule has 0 atom stereocenters. The number of carbonyl (C=O) groups excluding carboxylic acids is 2. The summed E-state index contributed by atoms with van der Waals surface area (Å²) < 4.78 is 1.48. The van der Waals surface area contributed by atoms with E-state index >= 15 is 0 Å². The van der Waals surface area contributed by atoms with E-state index in [-0.39, 0.29) is 42.7 Å². The van der Waals surface area contributed by atoms with Crippen LogP contribution in [0.4, 0.5) is 0 Å². The molecular weight excluding hydrogens is 643 g/mol. The van der Waals surface area contributed by atoms with Gasteiger partial charge in [-0.15, -0.1) is 0 Å². The molecule has 2 amide bonds. The highest BCUT2D eigenvalue weighted by Crippen LogP contribution is 2.13. The first kappa shape index (κ1) is 51.8. The Morgan fingerprint density at radius 1 is 0.479 bits per heavy atom. The Labute approximate surface area is 311 Å². The molecular formula is C39H82Cl2N4O3. The molecule has 0 aromatic rings. The van der Waals surface area contributed by atoms with Gasteiger partial charge in [0.1, 0.15) is 13.1 Å². The van der Waals surface area contributed by atoms with Crippen LogP contribution in [0.2, 0.25) is 0 Å². The van der Waals surface area contributed by atoms with Crippen LogP contribution in [0.1, 0.15) is 168 Å². The van der Waals surface area contributed by atoms with Gasteiger partial charge in [-0.25, -0.2) is 0 Å². The summed E-state index contributed by atoms with van der Waals surface area (Å²) in [6.45, 7) is 9.19. The first-order valence-corrected chi connectivity index (χ1v) is 19.9. The van der Waals surface area contributed by atoms with E-state index < -0.39 is 0 Å². The summed E-state index contributed by atoms with van der Waals surface area (Å²) in [7, 11) is 8.66. The second kappa shape index (κ2) is 34.8. The number of halogens is 2. The van der Waals surface area contributed by atoms with Gasteiger partial charge in [0.15, 0.2) is 6.10 Å². The molecule has 0 aliphatic heterocycles. The smallest absolute Gasteiger partial charge is 0.219 e. The molecule has 7 nitrogen and oxygen atoms in total. The maximum atomic E-state index is 12.2. The van der Waals surface area contributed by atoms with Gasteiger partial charge in [0.25, 0.3) is 0 Å². The normalized spacial score (nSPS) is 11.7. The molecule has 0 saturated heterocycles. The molecule has 3 N–H and O–H groups in total. The maximum Gasteiger partial charge on any atom is 0.219 e. The van der Waals surface area contributed by atoms with Gasteiger partial charge in [0.2, 0.25) is 11.8 Å². The number of hydrogen-bond acceptors (Lipinski definition) is 3. The second-order valence-corrected chi connectivity index (χ2v) is 15.6. The minimum Gasteiger partial charge on any atom is -1.00 e. The third kappa shape index (κ3) is 36.7. The van der Waals surface area contributed by atoms with Crippen molar-refractivity contribution in [3.05, 3.63) is 0 Å². The standard InChI is InChI=1S/C39H80N4O3.2ClH/c1-7-9-11-13-15-17-19-21-23-25-29-38(45)40-31-27-33-42(3,4)35-37(44)36-43(5,6)34-28-32-41-39(46)30-26-24-22-20-18-16-14-12-10-8-2;;/h37,44H,7-36H2,1-6H3;2*1H. The largest absolute Gasteiger partial charge is 1.00 e. The molecule has 290 valence electrons. The van der Waals surface area contributed by atoms with Gasteiger partial charge in [-0.3, -0.25) is 9.59 Å². The number of nitrogens with one attached hydrogen (secondary N) is 2. The van der Waals surface area contributed by atoms with Crippen molar-refractivity contribution >= 4 is 11.8 Å². The van der Waals surface area contributed by atoms with E-state index in [1.54, 1.807) is 0 Å². The number of nitrogens with zero attached hydrogens (tertiary/aromatic N) is 2. The number of amides is 2. The number of aliphatic hydroxyl groups excluding tert-OH is 1. The number of aliphatic hydroxyl groups is 1. The minimum absolute atomic E-state index is 0. The highest BCUT2D eigenvalue weighted by molar-refractivity contribution is 5.76. The van der Waals surface area contributed by atoms with E-state index in [4.69, 9.17) is 0 Å². The number of likely N-dealkylation sites (N-methyl/N-ethyl adjacent to an activating group) is 2. The molecule has 0 unspecified atom stereocenters. The average Bonchev–Trinajstić information content (AvgIpc) is 2.99. The summed E-state index contributed by atoms with van der Waals surface area (Å²) in [5.74, 6) is 0.359. The van der Waals surface area contributed by atoms with E-state index in [0.29, 0.717) is 39.0 Å². The van der Waals surface area contributed by atoms with Crippen molar-refractivity contribution in [1.29, 1.82) is 0 Å². The lowest BCUT2D eigenvalue weighted by Crippen LogP contribution is -3.00. The van der Waals surface area contributed by atoms with Crippen molar-refractivity contribution in [3.8, 4) is 0 Å². The topological polar surface area (TPSA) is 78.4 Å². The SMILES string of the molecule is CCCCCCCCCCCCC(=O)NCCC[N+](C)(C)CC(O)C[N+](C)(C)CCCNC(=O)CCCCCCCCCCCC.[Cl-].[Cl-]. The van der Waals surface area contributed by atoms with Gasteiger partial charge < -0.3 is 49.5 Å². The highest BCUT2D eigenvalue weighted by atomic mass is 35.5. The van der Waals surface area contributed by atoms with E-state index in [1.165, 1.54) is 103 Å². The van der Waals surface area contributed by atoms with Gasteiger partial charge >= 0.3 is 0 Å². The summed E-state index contributed by atoms with van der Waals surface area (Å²) >= 11 is 0. The molecule has 0 aliphatic carbocycles. The zero-order valence-corrected chi connectivity index (χ0v) is 34.2. The summed E-state index contributed by atoms with van der Waals surface area (Å²) in [5, 5.41) is 17.1. The Hall–Kier alpha value is -0.600. The van der Waals surface area contributed by atoms with Crippen molar-refractivity contribution in [3.63, 3.8) is 0 Å². The van der Waals surface area contributed by atoms with Crippen molar-refractivity contribution in [2.45, 2.75) is 174 Å². The van der Waals surface area contributed by atoms with Crippen molar-refractivity contribution in [2.75, 3.05) is 67.5 Å². The van der Waals surface area contributed by atoms with Crippen molar-refractivity contribution in [1.82, 2.24) is 10.6 Å². The lowest BCUT2D eigenvalue weighted by atomic mass is 10.1. The fourth-order valence-electron chi connectivity index (χ4n) is 6.57. The minimum atomic E-state index is -0.387. The maximum absolute atomic E-state index is 12.2. The number of carbonyl (C=O) groups is 2. The fraction of sp³-hybridized carbons (Fsp3) is 0.949. The molecule has 0 aromatic heterocycles. The Kier molecular flexibility index (Phi) is 37.6. The number of rotatable bonds is 34. The van der Waals surface area contributed by atoms with Gasteiger partial charge in [0.05, 0.1) is 41.3 Å². The third-order valence-corrected chi connectivity index (χ3v) is 9.45. The average molecular weight is 726 g/mol. The Balaban J connectivity index is -0.0000101. The van der Waals surface area contributed by atoms with Gasteiger partial charge in [-0.1, -0.05) is 129 Å². The predicted octanol–water partition coefficient (Wildman–Crippen LogP) is 2.14. The second-order valence-electron chi connectivity index (χ2n) is 15.6. The molecule has 48 heavy (non-hydrogen) atoms. The van der Waals surface area contributed by atoms with Crippen LogP contribution in [0.3, 0.4) is 0 Å².